The average Bonchev–Trinajstić information content (AvgIpc) is 3.47. The number of nitrogens with zero attached hydrogens (tertiary/aromatic N) is 1. The molecular weight excluding hydrogens is 474 g/mol. The molecule has 2 heterocycles. The number of nitrogens with two attached hydrogens (primary N) is 1. The zero-order chi connectivity index (χ0) is 26.1. The van der Waals surface area contributed by atoms with Gasteiger partial charge in [0.15, 0.2) is 0 Å². The Labute approximate surface area is 227 Å². The highest BCUT2D eigenvalue weighted by Crippen LogP contribution is 2.51. The standard InChI is InChI=1S/C36H29N3/c1-2-8-32-36(37)29-11-5-6-14-31(29)39(32)33-20-16-23(21-38-33)24-18-19-30-34-25-10-4-3-9-22(25)15-17-28(34)27-13-7-12-26(24)35(27)30/h3-7,9-20,38H,2,8,21,37H2,1H3. The number of allylic oxidation sites excluding steroid dienone is 2. The minimum Gasteiger partial charge on any atom is -0.397 e. The molecule has 0 bridgehead atoms. The smallest absolute Gasteiger partial charge is 0.111 e. The van der Waals surface area contributed by atoms with E-state index in [1.807, 2.05) is 0 Å². The minimum atomic E-state index is 0.762. The molecule has 0 saturated heterocycles. The molecule has 2 aliphatic rings. The number of fused-ring (bicyclic) bond motifs is 6. The van der Waals surface area contributed by atoms with E-state index in [1.54, 1.807) is 0 Å². The molecule has 0 fully saturated rings. The minimum absolute atomic E-state index is 0.762. The van der Waals surface area contributed by atoms with Crippen molar-refractivity contribution in [2.45, 2.75) is 19.8 Å². The molecule has 0 unspecified atom stereocenters. The van der Waals surface area contributed by atoms with E-state index >= 15 is 0 Å². The van der Waals surface area contributed by atoms with Gasteiger partial charge in [0.25, 0.3) is 0 Å². The molecule has 3 heteroatoms. The number of benzene rings is 5. The Bertz CT molecular complexity index is 2040. The third-order valence-electron chi connectivity index (χ3n) is 8.52. The van der Waals surface area contributed by atoms with Gasteiger partial charge in [-0.25, -0.2) is 0 Å². The zero-order valence-corrected chi connectivity index (χ0v) is 22.0. The first-order valence-corrected chi connectivity index (χ1v) is 13.9. The van der Waals surface area contributed by atoms with Crippen molar-refractivity contribution in [2.75, 3.05) is 12.3 Å². The van der Waals surface area contributed by atoms with Gasteiger partial charge in [-0.3, -0.25) is 4.57 Å². The molecule has 3 N–H and O–H groups in total. The van der Waals surface area contributed by atoms with Crippen molar-refractivity contribution in [3.63, 3.8) is 0 Å². The van der Waals surface area contributed by atoms with Crippen LogP contribution in [0.1, 0.15) is 24.6 Å². The first kappa shape index (κ1) is 22.2. The van der Waals surface area contributed by atoms with Gasteiger partial charge in [0, 0.05) is 17.6 Å². The number of hydrogen-bond acceptors (Lipinski definition) is 2. The molecule has 6 aromatic rings. The van der Waals surface area contributed by atoms with E-state index < -0.39 is 0 Å². The number of para-hydroxylation sites is 1. The van der Waals surface area contributed by atoms with E-state index in [4.69, 9.17) is 5.73 Å². The number of hydrogen-bond donors (Lipinski definition) is 2. The number of rotatable bonds is 4. The highest BCUT2D eigenvalue weighted by Gasteiger charge is 2.25. The summed E-state index contributed by atoms with van der Waals surface area (Å²) in [6, 6.07) is 33.1. The van der Waals surface area contributed by atoms with Crippen LogP contribution in [0, 0.1) is 0 Å². The van der Waals surface area contributed by atoms with Crippen LogP contribution in [0.2, 0.25) is 0 Å². The first-order valence-electron chi connectivity index (χ1n) is 13.9. The molecule has 39 heavy (non-hydrogen) atoms. The lowest BCUT2D eigenvalue weighted by Crippen LogP contribution is -2.23. The lowest BCUT2D eigenvalue weighted by atomic mass is 9.92. The van der Waals surface area contributed by atoms with E-state index in [0.717, 1.165) is 41.8 Å². The monoisotopic (exact) mass is 503 g/mol. The van der Waals surface area contributed by atoms with Crippen LogP contribution in [0.25, 0.3) is 66.1 Å². The summed E-state index contributed by atoms with van der Waals surface area (Å²) in [5, 5.41) is 10.2. The van der Waals surface area contributed by atoms with Crippen molar-refractivity contribution in [1.82, 2.24) is 9.88 Å². The van der Waals surface area contributed by atoms with Crippen LogP contribution in [0.5, 0.6) is 0 Å². The third kappa shape index (κ3) is 3.10. The summed E-state index contributed by atoms with van der Waals surface area (Å²) in [6.07, 6.45) is 6.50. The maximum Gasteiger partial charge on any atom is 0.111 e. The number of dihydropyridines is 1. The predicted molar refractivity (Wildman–Crippen MR) is 166 cm³/mol. The van der Waals surface area contributed by atoms with Gasteiger partial charge in [-0.2, -0.15) is 0 Å². The summed E-state index contributed by atoms with van der Waals surface area (Å²) in [5.74, 6) is 1.08. The molecule has 3 nitrogen and oxygen atoms in total. The van der Waals surface area contributed by atoms with E-state index in [2.05, 4.69) is 120 Å². The van der Waals surface area contributed by atoms with E-state index in [-0.39, 0.29) is 0 Å². The lowest BCUT2D eigenvalue weighted by molar-refractivity contribution is 0.827. The molecule has 5 aromatic carbocycles. The molecule has 0 spiro atoms. The molecule has 0 saturated carbocycles. The Balaban J connectivity index is 1.27. The van der Waals surface area contributed by atoms with E-state index in [1.165, 1.54) is 60.6 Å². The van der Waals surface area contributed by atoms with Crippen molar-refractivity contribution in [3.8, 4) is 22.3 Å². The quantitative estimate of drug-likeness (QED) is 0.252. The maximum absolute atomic E-state index is 6.63. The van der Waals surface area contributed by atoms with Crippen LogP contribution < -0.4 is 11.1 Å². The van der Waals surface area contributed by atoms with Gasteiger partial charge in [-0.05, 0) is 73.5 Å². The second kappa shape index (κ2) is 8.37. The fourth-order valence-electron chi connectivity index (χ4n) is 6.80. The number of aromatic nitrogens is 1. The van der Waals surface area contributed by atoms with Crippen LogP contribution in [0.3, 0.4) is 0 Å². The fourth-order valence-corrected chi connectivity index (χ4v) is 6.80. The Morgan fingerprint density at radius 3 is 2.33 bits per heavy atom. The van der Waals surface area contributed by atoms with Crippen LogP contribution in [0.15, 0.2) is 103 Å². The van der Waals surface area contributed by atoms with E-state index in [9.17, 15) is 0 Å². The summed E-state index contributed by atoms with van der Waals surface area (Å²) in [4.78, 5) is 0. The predicted octanol–water partition coefficient (Wildman–Crippen LogP) is 8.62. The SMILES string of the molecule is CCCc1c(N)c2ccccc2n1C1=CC=C(c2ccc3c4c(cccc24)-c2ccc4ccccc4c2-3)CN1. The Morgan fingerprint density at radius 2 is 1.49 bits per heavy atom. The van der Waals surface area contributed by atoms with Crippen molar-refractivity contribution in [3.05, 3.63) is 114 Å². The normalized spacial score (nSPS) is 14.0. The lowest BCUT2D eigenvalue weighted by Gasteiger charge is -2.22. The van der Waals surface area contributed by atoms with Crippen LogP contribution in [0.4, 0.5) is 5.69 Å². The highest BCUT2D eigenvalue weighted by atomic mass is 15.2. The van der Waals surface area contributed by atoms with Crippen molar-refractivity contribution in [1.29, 1.82) is 0 Å². The summed E-state index contributed by atoms with van der Waals surface area (Å²) >= 11 is 0. The summed E-state index contributed by atoms with van der Waals surface area (Å²) < 4.78 is 2.32. The first-order chi connectivity index (χ1) is 19.2. The largest absolute Gasteiger partial charge is 0.397 e. The third-order valence-corrected chi connectivity index (χ3v) is 8.52. The second-order valence-corrected chi connectivity index (χ2v) is 10.7. The molecule has 1 aromatic heterocycles. The number of anilines is 1. The van der Waals surface area contributed by atoms with Gasteiger partial charge >= 0.3 is 0 Å². The molecule has 0 atom stereocenters. The second-order valence-electron chi connectivity index (χ2n) is 10.7. The molecular formula is C36H29N3. The molecule has 0 amide bonds. The van der Waals surface area contributed by atoms with Gasteiger partial charge in [0.2, 0.25) is 0 Å². The van der Waals surface area contributed by atoms with Gasteiger partial charge in [0.1, 0.15) is 5.82 Å². The fraction of sp³-hybridized carbons (Fsp3) is 0.111. The molecule has 1 aliphatic carbocycles. The van der Waals surface area contributed by atoms with Crippen molar-refractivity contribution in [2.24, 2.45) is 0 Å². The topological polar surface area (TPSA) is 43.0 Å². The van der Waals surface area contributed by atoms with Gasteiger partial charge in [0.05, 0.1) is 11.2 Å². The Kier molecular flexibility index (Phi) is 4.78. The maximum atomic E-state index is 6.63. The Hall–Kier alpha value is -4.76. The van der Waals surface area contributed by atoms with Gasteiger partial charge in [-0.1, -0.05) is 104 Å². The number of nitrogens with one attached hydrogen (secondary N) is 1. The van der Waals surface area contributed by atoms with E-state index in [0.29, 0.717) is 0 Å². The van der Waals surface area contributed by atoms with Crippen LogP contribution in [-0.2, 0) is 6.42 Å². The van der Waals surface area contributed by atoms with Gasteiger partial charge in [-0.15, -0.1) is 0 Å². The van der Waals surface area contributed by atoms with Gasteiger partial charge < -0.3 is 11.1 Å². The molecule has 188 valence electrons. The Morgan fingerprint density at radius 1 is 0.718 bits per heavy atom. The molecule has 0 radical (unpaired) electrons. The average molecular weight is 504 g/mol. The summed E-state index contributed by atoms with van der Waals surface area (Å²) in [6.45, 7) is 2.97. The van der Waals surface area contributed by atoms with Crippen LogP contribution in [-0.4, -0.2) is 11.1 Å². The summed E-state index contributed by atoms with van der Waals surface area (Å²) in [7, 11) is 0. The molecule has 8 rings (SSSR count). The summed E-state index contributed by atoms with van der Waals surface area (Å²) in [5.41, 5.74) is 17.8. The zero-order valence-electron chi connectivity index (χ0n) is 22.0. The van der Waals surface area contributed by atoms with Crippen molar-refractivity contribution < 1.29 is 0 Å². The van der Waals surface area contributed by atoms with Crippen LogP contribution >= 0.6 is 0 Å². The molecule has 1 aliphatic heterocycles. The highest BCUT2D eigenvalue weighted by molar-refractivity contribution is 6.22. The number of nitrogen functional groups attached to an aromatic ring is 1. The van der Waals surface area contributed by atoms with Crippen molar-refractivity contribution >= 4 is 49.5 Å².